The SMILES string of the molecule is CC(Oc1ccc([S+](c2ccc(C(C)(C)C)cc2)c2ccc(C(C)(C)C)cc2)cc1)C(F)(F)S(=O)(=O)[O-]. The van der Waals surface area contributed by atoms with E-state index in [-0.39, 0.29) is 16.6 Å². The minimum absolute atomic E-state index is 0.0147. The van der Waals surface area contributed by atoms with Crippen molar-refractivity contribution in [2.24, 2.45) is 0 Å². The topological polar surface area (TPSA) is 66.4 Å². The first-order valence-corrected chi connectivity index (χ1v) is 14.6. The van der Waals surface area contributed by atoms with Gasteiger partial charge in [-0.05, 0) is 77.4 Å². The summed E-state index contributed by atoms with van der Waals surface area (Å²) in [6, 6.07) is 23.6. The fraction of sp³-hybridized carbons (Fsp3) is 0.379. The Morgan fingerprint density at radius 2 is 1.03 bits per heavy atom. The van der Waals surface area contributed by atoms with Crippen LogP contribution in [-0.2, 0) is 31.8 Å². The summed E-state index contributed by atoms with van der Waals surface area (Å²) in [5.74, 6) is 0.0503. The zero-order valence-electron chi connectivity index (χ0n) is 22.2. The van der Waals surface area contributed by atoms with Gasteiger partial charge in [-0.2, -0.15) is 8.78 Å². The molecule has 0 bridgehead atoms. The standard InChI is InChI=1S/C29H34F2O4S2/c1-20(29(30,31)37(32,33)34)35-23-12-18-26(19-13-23)36(24-14-8-21(9-15-24)27(2,3)4)25-16-10-22(11-17-25)28(5,6)7/h8-20H,1-7H3. The van der Waals surface area contributed by atoms with E-state index in [1.807, 2.05) is 0 Å². The van der Waals surface area contributed by atoms with Crippen LogP contribution < -0.4 is 4.74 Å². The molecule has 3 rings (SSSR count). The highest BCUT2D eigenvalue weighted by Crippen LogP contribution is 2.36. The third kappa shape index (κ3) is 6.72. The van der Waals surface area contributed by atoms with Crippen molar-refractivity contribution in [3.05, 3.63) is 83.9 Å². The summed E-state index contributed by atoms with van der Waals surface area (Å²) in [6.07, 6.45) is -2.13. The van der Waals surface area contributed by atoms with Gasteiger partial charge in [0, 0.05) is 0 Å². The molecule has 4 nitrogen and oxygen atoms in total. The Hall–Kier alpha value is -2.42. The van der Waals surface area contributed by atoms with E-state index in [2.05, 4.69) is 90.1 Å². The summed E-state index contributed by atoms with van der Waals surface area (Å²) >= 11 is 0. The molecule has 0 radical (unpaired) electrons. The van der Waals surface area contributed by atoms with Crippen LogP contribution in [0.4, 0.5) is 8.78 Å². The second-order valence-electron chi connectivity index (χ2n) is 11.1. The largest absolute Gasteiger partial charge is 0.743 e. The van der Waals surface area contributed by atoms with Crippen LogP contribution in [-0.4, -0.2) is 24.3 Å². The van der Waals surface area contributed by atoms with E-state index < -0.39 is 32.4 Å². The molecule has 0 fully saturated rings. The van der Waals surface area contributed by atoms with Gasteiger partial charge in [0.2, 0.25) is 0 Å². The van der Waals surface area contributed by atoms with Crippen LogP contribution >= 0.6 is 0 Å². The molecule has 3 aromatic carbocycles. The van der Waals surface area contributed by atoms with E-state index in [1.54, 1.807) is 12.1 Å². The molecule has 0 spiro atoms. The normalized spacial score (nSPS) is 14.0. The maximum absolute atomic E-state index is 13.9. The Kier molecular flexibility index (Phi) is 8.18. The summed E-state index contributed by atoms with van der Waals surface area (Å²) in [7, 11) is -6.34. The van der Waals surface area contributed by atoms with Crippen molar-refractivity contribution in [2.75, 3.05) is 0 Å². The van der Waals surface area contributed by atoms with Gasteiger partial charge in [0.1, 0.15) is 5.75 Å². The maximum Gasteiger partial charge on any atom is 0.369 e. The predicted molar refractivity (Wildman–Crippen MR) is 144 cm³/mol. The van der Waals surface area contributed by atoms with Gasteiger partial charge in [-0.25, -0.2) is 8.42 Å². The Labute approximate surface area is 222 Å². The lowest BCUT2D eigenvalue weighted by molar-refractivity contribution is -0.0242. The number of halogens is 2. The molecule has 0 saturated heterocycles. The van der Waals surface area contributed by atoms with E-state index in [0.29, 0.717) is 0 Å². The quantitative estimate of drug-likeness (QED) is 0.230. The molecular weight excluding hydrogens is 514 g/mol. The van der Waals surface area contributed by atoms with Crippen LogP contribution in [0, 0.1) is 0 Å². The van der Waals surface area contributed by atoms with Crippen molar-refractivity contribution < 1.29 is 26.5 Å². The molecule has 0 N–H and O–H groups in total. The van der Waals surface area contributed by atoms with Gasteiger partial charge in [-0.3, -0.25) is 0 Å². The molecule has 0 aromatic heterocycles. The van der Waals surface area contributed by atoms with Gasteiger partial charge in [0.05, 0.1) is 10.9 Å². The first-order chi connectivity index (χ1) is 16.9. The number of benzene rings is 3. The van der Waals surface area contributed by atoms with Gasteiger partial charge in [0.15, 0.2) is 30.9 Å². The molecular formula is C29H34F2O4S2. The smallest absolute Gasteiger partial charge is 0.369 e. The Morgan fingerprint density at radius 3 is 1.32 bits per heavy atom. The first-order valence-electron chi connectivity index (χ1n) is 12.0. The number of rotatable bonds is 7. The average Bonchev–Trinajstić information content (AvgIpc) is 2.79. The number of ether oxygens (including phenoxy) is 1. The van der Waals surface area contributed by atoms with Crippen LogP contribution in [0.25, 0.3) is 0 Å². The molecule has 8 heteroatoms. The zero-order valence-corrected chi connectivity index (χ0v) is 23.8. The number of hydrogen-bond donors (Lipinski definition) is 0. The third-order valence-electron chi connectivity index (χ3n) is 6.09. The lowest BCUT2D eigenvalue weighted by Crippen LogP contribution is -2.42. The molecule has 37 heavy (non-hydrogen) atoms. The highest BCUT2D eigenvalue weighted by atomic mass is 32.2. The van der Waals surface area contributed by atoms with Crippen molar-refractivity contribution in [1.82, 2.24) is 0 Å². The monoisotopic (exact) mass is 548 g/mol. The minimum Gasteiger partial charge on any atom is -0.743 e. The summed E-state index contributed by atoms with van der Waals surface area (Å²) in [6.45, 7) is 13.8. The fourth-order valence-electron chi connectivity index (χ4n) is 3.72. The van der Waals surface area contributed by atoms with Gasteiger partial charge in [-0.1, -0.05) is 65.8 Å². The average molecular weight is 549 g/mol. The van der Waals surface area contributed by atoms with Crippen LogP contribution in [0.2, 0.25) is 0 Å². The van der Waals surface area contributed by atoms with Gasteiger partial charge in [-0.15, -0.1) is 0 Å². The fourth-order valence-corrected chi connectivity index (χ4v) is 6.22. The molecule has 0 aliphatic rings. The predicted octanol–water partition coefficient (Wildman–Crippen LogP) is 7.28. The Bertz CT molecular complexity index is 1250. The van der Waals surface area contributed by atoms with E-state index >= 15 is 0 Å². The summed E-state index contributed by atoms with van der Waals surface area (Å²) in [5.41, 5.74) is 2.46. The lowest BCUT2D eigenvalue weighted by Gasteiger charge is -2.26. The molecule has 1 unspecified atom stereocenters. The molecule has 0 aliphatic carbocycles. The maximum atomic E-state index is 13.9. The van der Waals surface area contributed by atoms with Crippen molar-refractivity contribution in [3.8, 4) is 5.75 Å². The Morgan fingerprint density at radius 1 is 0.703 bits per heavy atom. The van der Waals surface area contributed by atoms with Gasteiger partial charge < -0.3 is 9.29 Å². The molecule has 0 saturated carbocycles. The summed E-state index contributed by atoms with van der Waals surface area (Å²) in [5, 5.41) is -4.54. The van der Waals surface area contributed by atoms with Gasteiger partial charge >= 0.3 is 5.25 Å². The van der Waals surface area contributed by atoms with Crippen molar-refractivity contribution in [3.63, 3.8) is 0 Å². The van der Waals surface area contributed by atoms with E-state index in [0.717, 1.165) is 21.6 Å². The van der Waals surface area contributed by atoms with Crippen molar-refractivity contribution in [1.29, 1.82) is 0 Å². The molecule has 0 amide bonds. The van der Waals surface area contributed by atoms with E-state index in [4.69, 9.17) is 4.74 Å². The number of alkyl halides is 2. The molecule has 0 aliphatic heterocycles. The van der Waals surface area contributed by atoms with Gasteiger partial charge in [0.25, 0.3) is 0 Å². The van der Waals surface area contributed by atoms with Crippen LogP contribution in [0.3, 0.4) is 0 Å². The minimum atomic E-state index is -5.85. The second-order valence-corrected chi connectivity index (χ2v) is 14.6. The highest BCUT2D eigenvalue weighted by molar-refractivity contribution is 7.97. The van der Waals surface area contributed by atoms with Crippen molar-refractivity contribution in [2.45, 2.75) is 85.3 Å². The molecule has 3 aromatic rings. The zero-order chi connectivity index (χ0) is 27.8. The third-order valence-corrected chi connectivity index (χ3v) is 9.32. The molecule has 0 heterocycles. The van der Waals surface area contributed by atoms with E-state index in [9.17, 15) is 21.8 Å². The Balaban J connectivity index is 1.99. The summed E-state index contributed by atoms with van der Waals surface area (Å²) < 4.78 is 65.7. The van der Waals surface area contributed by atoms with E-state index in [1.165, 1.54) is 23.3 Å². The first kappa shape index (κ1) is 29.1. The lowest BCUT2D eigenvalue weighted by atomic mass is 9.87. The molecule has 1 atom stereocenters. The summed E-state index contributed by atoms with van der Waals surface area (Å²) in [4.78, 5) is 3.14. The van der Waals surface area contributed by atoms with Crippen LogP contribution in [0.5, 0.6) is 5.75 Å². The number of hydrogen-bond acceptors (Lipinski definition) is 4. The van der Waals surface area contributed by atoms with Crippen molar-refractivity contribution >= 4 is 21.0 Å². The van der Waals surface area contributed by atoms with Crippen LogP contribution in [0.1, 0.15) is 59.6 Å². The van der Waals surface area contributed by atoms with Crippen LogP contribution in [0.15, 0.2) is 87.5 Å². The molecule has 200 valence electrons. The second kappa shape index (κ2) is 10.4. The highest BCUT2D eigenvalue weighted by Gasteiger charge is 2.46.